The lowest BCUT2D eigenvalue weighted by Crippen LogP contribution is -2.46. The van der Waals surface area contributed by atoms with Gasteiger partial charge in [-0.2, -0.15) is 0 Å². The van der Waals surface area contributed by atoms with Gasteiger partial charge in [-0.15, -0.1) is 0 Å². The quantitative estimate of drug-likeness (QED) is 0.877. The van der Waals surface area contributed by atoms with Gasteiger partial charge in [-0.05, 0) is 61.1 Å². The smallest absolute Gasteiger partial charge is 0.224 e. The fourth-order valence-corrected chi connectivity index (χ4v) is 4.25. The molecule has 0 saturated heterocycles. The van der Waals surface area contributed by atoms with Crippen LogP contribution in [0.4, 0.5) is 0 Å². The van der Waals surface area contributed by atoms with Gasteiger partial charge >= 0.3 is 0 Å². The molecule has 0 aliphatic heterocycles. The minimum absolute atomic E-state index is 0.127. The maximum absolute atomic E-state index is 12.4. The minimum Gasteiger partial charge on any atom is -0.352 e. The Balaban J connectivity index is 1.57. The highest BCUT2D eigenvalue weighted by Gasteiger charge is 2.24. The third kappa shape index (κ3) is 4.35. The zero-order valence-corrected chi connectivity index (χ0v) is 14.2. The molecule has 1 unspecified atom stereocenters. The Morgan fingerprint density at radius 1 is 1.09 bits per heavy atom. The Bertz CT molecular complexity index is 534. The normalized spacial score (nSPS) is 19.9. The summed E-state index contributed by atoms with van der Waals surface area (Å²) in [6.07, 6.45) is 11.7. The predicted molar refractivity (Wildman–Crippen MR) is 94.3 cm³/mol. The topological polar surface area (TPSA) is 55.1 Å². The number of fused-ring (bicyclic) bond motifs is 1. The van der Waals surface area contributed by atoms with Gasteiger partial charge in [-0.1, -0.05) is 37.5 Å². The molecule has 1 atom stereocenters. The van der Waals surface area contributed by atoms with E-state index in [1.807, 2.05) is 0 Å². The van der Waals surface area contributed by atoms with Crippen LogP contribution in [0.25, 0.3) is 0 Å². The van der Waals surface area contributed by atoms with E-state index < -0.39 is 0 Å². The van der Waals surface area contributed by atoms with Crippen molar-refractivity contribution >= 4 is 5.91 Å². The molecule has 1 saturated carbocycles. The van der Waals surface area contributed by atoms with Crippen molar-refractivity contribution in [2.45, 2.75) is 70.3 Å². The van der Waals surface area contributed by atoms with Crippen molar-refractivity contribution in [2.75, 3.05) is 6.54 Å². The SMILES string of the molecule is NCC(NC(=O)Cc1ccc2c(c1)CCCC2)C1CCCCC1. The van der Waals surface area contributed by atoms with Gasteiger partial charge in [-0.25, -0.2) is 0 Å². The van der Waals surface area contributed by atoms with Crippen LogP contribution in [0.5, 0.6) is 0 Å². The number of nitrogens with one attached hydrogen (secondary N) is 1. The predicted octanol–water partition coefficient (Wildman–Crippen LogP) is 3.13. The average molecular weight is 314 g/mol. The summed E-state index contributed by atoms with van der Waals surface area (Å²) >= 11 is 0. The van der Waals surface area contributed by atoms with Crippen molar-refractivity contribution in [3.63, 3.8) is 0 Å². The van der Waals surface area contributed by atoms with Gasteiger partial charge in [0.15, 0.2) is 0 Å². The van der Waals surface area contributed by atoms with Crippen molar-refractivity contribution in [3.8, 4) is 0 Å². The number of hydrogen-bond acceptors (Lipinski definition) is 2. The molecule has 0 heterocycles. The van der Waals surface area contributed by atoms with Crippen LogP contribution in [0.15, 0.2) is 18.2 Å². The Morgan fingerprint density at radius 3 is 2.57 bits per heavy atom. The van der Waals surface area contributed by atoms with E-state index in [-0.39, 0.29) is 11.9 Å². The lowest BCUT2D eigenvalue weighted by atomic mass is 9.84. The largest absolute Gasteiger partial charge is 0.352 e. The maximum Gasteiger partial charge on any atom is 0.224 e. The fourth-order valence-electron chi connectivity index (χ4n) is 4.25. The Kier molecular flexibility index (Phi) is 5.71. The summed E-state index contributed by atoms with van der Waals surface area (Å²) in [5.74, 6) is 0.697. The molecule has 126 valence electrons. The van der Waals surface area contributed by atoms with Crippen LogP contribution in [0.3, 0.4) is 0 Å². The second kappa shape index (κ2) is 7.96. The lowest BCUT2D eigenvalue weighted by Gasteiger charge is -2.30. The first-order valence-corrected chi connectivity index (χ1v) is 9.36. The van der Waals surface area contributed by atoms with Crippen LogP contribution >= 0.6 is 0 Å². The van der Waals surface area contributed by atoms with E-state index in [4.69, 9.17) is 5.73 Å². The third-order valence-corrected chi connectivity index (χ3v) is 5.60. The van der Waals surface area contributed by atoms with E-state index in [0.717, 1.165) is 12.0 Å². The van der Waals surface area contributed by atoms with Crippen LogP contribution < -0.4 is 11.1 Å². The summed E-state index contributed by atoms with van der Waals surface area (Å²) in [6, 6.07) is 6.74. The number of rotatable bonds is 5. The van der Waals surface area contributed by atoms with E-state index in [0.29, 0.717) is 18.9 Å². The number of aryl methyl sites for hydroxylation is 2. The monoisotopic (exact) mass is 314 g/mol. The van der Waals surface area contributed by atoms with Crippen molar-refractivity contribution in [1.29, 1.82) is 0 Å². The first kappa shape index (κ1) is 16.5. The van der Waals surface area contributed by atoms with Gasteiger partial charge < -0.3 is 11.1 Å². The summed E-state index contributed by atoms with van der Waals surface area (Å²) in [5, 5.41) is 3.20. The molecular weight excluding hydrogens is 284 g/mol. The van der Waals surface area contributed by atoms with E-state index >= 15 is 0 Å². The van der Waals surface area contributed by atoms with Crippen molar-refractivity contribution in [1.82, 2.24) is 5.32 Å². The standard InChI is InChI=1S/C20H30N2O/c21-14-19(17-7-2-1-3-8-17)22-20(23)13-15-10-11-16-6-4-5-9-18(16)12-15/h10-12,17,19H,1-9,13-14,21H2,(H,22,23). The molecule has 0 spiro atoms. The van der Waals surface area contributed by atoms with Gasteiger partial charge in [0.05, 0.1) is 6.42 Å². The molecule has 1 aromatic carbocycles. The molecule has 3 heteroatoms. The highest BCUT2D eigenvalue weighted by molar-refractivity contribution is 5.79. The summed E-state index contributed by atoms with van der Waals surface area (Å²) in [5.41, 5.74) is 9.99. The molecule has 0 bridgehead atoms. The van der Waals surface area contributed by atoms with E-state index in [9.17, 15) is 4.79 Å². The van der Waals surface area contributed by atoms with Gasteiger partial charge in [0.25, 0.3) is 0 Å². The second-order valence-corrected chi connectivity index (χ2v) is 7.29. The van der Waals surface area contributed by atoms with Crippen LogP contribution in [0.2, 0.25) is 0 Å². The van der Waals surface area contributed by atoms with E-state index in [2.05, 4.69) is 23.5 Å². The fraction of sp³-hybridized carbons (Fsp3) is 0.650. The maximum atomic E-state index is 12.4. The minimum atomic E-state index is 0.127. The number of nitrogens with two attached hydrogens (primary N) is 1. The molecule has 2 aliphatic rings. The van der Waals surface area contributed by atoms with Gasteiger partial charge in [0.2, 0.25) is 5.91 Å². The Morgan fingerprint density at radius 2 is 1.83 bits per heavy atom. The second-order valence-electron chi connectivity index (χ2n) is 7.29. The molecule has 0 radical (unpaired) electrons. The molecular formula is C20H30N2O. The highest BCUT2D eigenvalue weighted by Crippen LogP contribution is 2.26. The number of hydrogen-bond donors (Lipinski definition) is 2. The molecule has 3 N–H and O–H groups in total. The molecule has 2 aliphatic carbocycles. The van der Waals surface area contributed by atoms with E-state index in [1.165, 1.54) is 62.5 Å². The van der Waals surface area contributed by atoms with Crippen LogP contribution in [0, 0.1) is 5.92 Å². The van der Waals surface area contributed by atoms with Gasteiger partial charge in [-0.3, -0.25) is 4.79 Å². The number of carbonyl (C=O) groups is 1. The Hall–Kier alpha value is -1.35. The molecule has 0 aromatic heterocycles. The summed E-state index contributed by atoms with van der Waals surface area (Å²) in [7, 11) is 0. The van der Waals surface area contributed by atoms with Gasteiger partial charge in [0.1, 0.15) is 0 Å². The molecule has 1 amide bonds. The molecule has 1 fully saturated rings. The molecule has 3 nitrogen and oxygen atoms in total. The van der Waals surface area contributed by atoms with Crippen molar-refractivity contribution < 1.29 is 4.79 Å². The van der Waals surface area contributed by atoms with Crippen molar-refractivity contribution in [3.05, 3.63) is 34.9 Å². The highest BCUT2D eigenvalue weighted by atomic mass is 16.1. The number of benzene rings is 1. The number of carbonyl (C=O) groups excluding carboxylic acids is 1. The summed E-state index contributed by atoms with van der Waals surface area (Å²) < 4.78 is 0. The molecule has 3 rings (SSSR count). The van der Waals surface area contributed by atoms with Crippen LogP contribution in [-0.4, -0.2) is 18.5 Å². The van der Waals surface area contributed by atoms with Crippen molar-refractivity contribution in [2.24, 2.45) is 11.7 Å². The third-order valence-electron chi connectivity index (χ3n) is 5.60. The summed E-state index contributed by atoms with van der Waals surface area (Å²) in [6.45, 7) is 0.556. The zero-order chi connectivity index (χ0) is 16.1. The molecule has 23 heavy (non-hydrogen) atoms. The average Bonchev–Trinajstić information content (AvgIpc) is 2.60. The zero-order valence-electron chi connectivity index (χ0n) is 14.2. The summed E-state index contributed by atoms with van der Waals surface area (Å²) in [4.78, 5) is 12.4. The van der Waals surface area contributed by atoms with E-state index in [1.54, 1.807) is 0 Å². The first-order chi connectivity index (χ1) is 11.3. The van der Waals surface area contributed by atoms with Gasteiger partial charge in [0, 0.05) is 12.6 Å². The lowest BCUT2D eigenvalue weighted by molar-refractivity contribution is -0.121. The first-order valence-electron chi connectivity index (χ1n) is 9.36. The van der Waals surface area contributed by atoms with Crippen LogP contribution in [-0.2, 0) is 24.1 Å². The Labute approximate surface area is 140 Å². The molecule has 1 aromatic rings. The number of amides is 1. The van der Waals surface area contributed by atoms with Crippen LogP contribution in [0.1, 0.15) is 61.6 Å².